The molecule has 2 rings (SSSR count). The Morgan fingerprint density at radius 3 is 2.09 bits per heavy atom. The van der Waals surface area contributed by atoms with Crippen LogP contribution in [0, 0.1) is 0 Å². The number of ether oxygens (including phenoxy) is 2. The van der Waals surface area contributed by atoms with Crippen LogP contribution in [0.2, 0.25) is 0 Å². The fourth-order valence-corrected chi connectivity index (χ4v) is 2.85. The van der Waals surface area contributed by atoms with Gasteiger partial charge in [-0.2, -0.15) is 0 Å². The van der Waals surface area contributed by atoms with E-state index in [2.05, 4.69) is 0 Å². The van der Waals surface area contributed by atoms with Gasteiger partial charge in [-0.25, -0.2) is 0 Å². The zero-order valence-electron chi connectivity index (χ0n) is 12.0. The molecule has 0 aromatic rings. The molecule has 130 valence electrons. The van der Waals surface area contributed by atoms with Gasteiger partial charge in [0.2, 0.25) is 0 Å². The summed E-state index contributed by atoms with van der Waals surface area (Å²) in [5, 5.41) is 49.3. The molecule has 1 saturated carbocycles. The van der Waals surface area contributed by atoms with Crippen molar-refractivity contribution >= 4 is 0 Å². The van der Waals surface area contributed by atoms with Crippen molar-refractivity contribution in [1.29, 1.82) is 0 Å². The van der Waals surface area contributed by atoms with E-state index in [0.717, 1.165) is 0 Å². The molecule has 10 atom stereocenters. The maximum Gasteiger partial charge on any atom is 0.187 e. The lowest BCUT2D eigenvalue weighted by Gasteiger charge is -2.45. The molecule has 1 saturated heterocycles. The van der Waals surface area contributed by atoms with Crippen molar-refractivity contribution in [1.82, 2.24) is 0 Å². The molecular formula is C12H25N3O7. The Balaban J connectivity index is 2.08. The van der Waals surface area contributed by atoms with Gasteiger partial charge in [-0.3, -0.25) is 0 Å². The van der Waals surface area contributed by atoms with Gasteiger partial charge in [0.05, 0.1) is 6.10 Å². The molecule has 1 aliphatic carbocycles. The molecule has 0 spiro atoms. The van der Waals surface area contributed by atoms with E-state index in [9.17, 15) is 25.5 Å². The highest BCUT2D eigenvalue weighted by molar-refractivity contribution is 4.99. The average Bonchev–Trinajstić information content (AvgIpc) is 2.49. The van der Waals surface area contributed by atoms with E-state index in [1.807, 2.05) is 0 Å². The molecule has 0 amide bonds. The molecule has 22 heavy (non-hydrogen) atoms. The summed E-state index contributed by atoms with van der Waals surface area (Å²) in [6.07, 6.45) is -10.1. The van der Waals surface area contributed by atoms with Gasteiger partial charge < -0.3 is 52.2 Å². The van der Waals surface area contributed by atoms with Crippen LogP contribution in [0.15, 0.2) is 0 Å². The largest absolute Gasteiger partial charge is 0.389 e. The van der Waals surface area contributed by atoms with Crippen molar-refractivity contribution in [3.8, 4) is 0 Å². The Morgan fingerprint density at radius 1 is 0.864 bits per heavy atom. The van der Waals surface area contributed by atoms with Crippen molar-refractivity contribution in [3.63, 3.8) is 0 Å². The lowest BCUT2D eigenvalue weighted by molar-refractivity contribution is -0.318. The van der Waals surface area contributed by atoms with Crippen molar-refractivity contribution < 1.29 is 35.0 Å². The molecule has 10 nitrogen and oxygen atoms in total. The molecular weight excluding hydrogens is 298 g/mol. The van der Waals surface area contributed by atoms with Gasteiger partial charge in [-0.05, 0) is 6.42 Å². The van der Waals surface area contributed by atoms with E-state index >= 15 is 0 Å². The minimum atomic E-state index is -1.55. The SMILES string of the molecule is NC[C@@H]1O[C@H](O[C@@H]2[C@@H](O)[C@H](O)[C@@H](N)C[C@H]2N)[C@@H](O)[C@H](O)[C@H]1O. The number of hydrogen-bond donors (Lipinski definition) is 8. The molecule has 0 radical (unpaired) electrons. The quantitative estimate of drug-likeness (QED) is 0.248. The summed E-state index contributed by atoms with van der Waals surface area (Å²) in [6, 6.07) is -1.38. The normalized spacial score (nSPS) is 53.5. The molecule has 2 aliphatic rings. The van der Waals surface area contributed by atoms with Crippen LogP contribution < -0.4 is 17.2 Å². The van der Waals surface area contributed by atoms with Gasteiger partial charge in [0.15, 0.2) is 6.29 Å². The molecule has 2 fully saturated rings. The third kappa shape index (κ3) is 3.26. The van der Waals surface area contributed by atoms with Gasteiger partial charge in [-0.15, -0.1) is 0 Å². The molecule has 0 aromatic carbocycles. The van der Waals surface area contributed by atoms with Crippen LogP contribution in [-0.2, 0) is 9.47 Å². The summed E-state index contributed by atoms with van der Waals surface area (Å²) < 4.78 is 10.8. The molecule has 11 N–H and O–H groups in total. The van der Waals surface area contributed by atoms with Gasteiger partial charge in [0.25, 0.3) is 0 Å². The number of nitrogens with two attached hydrogens (primary N) is 3. The monoisotopic (exact) mass is 323 g/mol. The number of rotatable bonds is 3. The Bertz CT molecular complexity index is 375. The Hall–Kier alpha value is -0.400. The Morgan fingerprint density at radius 2 is 1.50 bits per heavy atom. The lowest BCUT2D eigenvalue weighted by Crippen LogP contribution is -2.65. The molecule has 1 aliphatic heterocycles. The maximum absolute atomic E-state index is 10.0. The first-order valence-corrected chi connectivity index (χ1v) is 7.20. The topological polar surface area (TPSA) is 198 Å². The Kier molecular flexibility index (Phi) is 5.72. The zero-order chi connectivity index (χ0) is 16.6. The van der Waals surface area contributed by atoms with Crippen LogP contribution in [0.25, 0.3) is 0 Å². The highest BCUT2D eigenvalue weighted by Gasteiger charge is 2.48. The van der Waals surface area contributed by atoms with Gasteiger partial charge in [0.1, 0.15) is 36.6 Å². The van der Waals surface area contributed by atoms with E-state index in [4.69, 9.17) is 26.7 Å². The fraction of sp³-hybridized carbons (Fsp3) is 1.00. The van der Waals surface area contributed by atoms with Gasteiger partial charge in [0, 0.05) is 18.6 Å². The maximum atomic E-state index is 10.0. The van der Waals surface area contributed by atoms with Crippen molar-refractivity contribution in [2.24, 2.45) is 17.2 Å². The molecule has 0 bridgehead atoms. The van der Waals surface area contributed by atoms with Crippen LogP contribution in [0.5, 0.6) is 0 Å². The van der Waals surface area contributed by atoms with Crippen molar-refractivity contribution in [3.05, 3.63) is 0 Å². The third-order valence-corrected chi connectivity index (χ3v) is 4.28. The molecule has 0 aromatic heterocycles. The third-order valence-electron chi connectivity index (χ3n) is 4.28. The summed E-state index contributed by atoms with van der Waals surface area (Å²) in [4.78, 5) is 0. The van der Waals surface area contributed by atoms with Crippen LogP contribution in [0.1, 0.15) is 6.42 Å². The summed E-state index contributed by atoms with van der Waals surface area (Å²) in [5.41, 5.74) is 16.9. The first-order chi connectivity index (χ1) is 10.3. The zero-order valence-corrected chi connectivity index (χ0v) is 12.0. The van der Waals surface area contributed by atoms with Crippen LogP contribution in [0.4, 0.5) is 0 Å². The Labute approximate surface area is 127 Å². The van der Waals surface area contributed by atoms with Gasteiger partial charge in [-0.1, -0.05) is 0 Å². The van der Waals surface area contributed by atoms with E-state index < -0.39 is 61.1 Å². The summed E-state index contributed by atoms with van der Waals surface area (Å²) in [7, 11) is 0. The second kappa shape index (κ2) is 7.01. The van der Waals surface area contributed by atoms with Crippen LogP contribution in [-0.4, -0.2) is 93.2 Å². The van der Waals surface area contributed by atoms with E-state index in [-0.39, 0.29) is 13.0 Å². The number of aliphatic hydroxyl groups is 5. The summed E-state index contributed by atoms with van der Waals surface area (Å²) >= 11 is 0. The smallest absolute Gasteiger partial charge is 0.187 e. The predicted octanol–water partition coefficient (Wildman–Crippen LogP) is -5.08. The van der Waals surface area contributed by atoms with E-state index in [1.54, 1.807) is 0 Å². The molecule has 10 heteroatoms. The second-order valence-electron chi connectivity index (χ2n) is 5.90. The van der Waals surface area contributed by atoms with E-state index in [0.29, 0.717) is 0 Å². The minimum Gasteiger partial charge on any atom is -0.389 e. The first kappa shape index (κ1) is 17.9. The van der Waals surface area contributed by atoms with Crippen LogP contribution >= 0.6 is 0 Å². The van der Waals surface area contributed by atoms with E-state index in [1.165, 1.54) is 0 Å². The highest BCUT2D eigenvalue weighted by Crippen LogP contribution is 2.27. The van der Waals surface area contributed by atoms with Crippen molar-refractivity contribution in [2.75, 3.05) is 6.54 Å². The highest BCUT2D eigenvalue weighted by atomic mass is 16.7. The van der Waals surface area contributed by atoms with Crippen LogP contribution in [0.3, 0.4) is 0 Å². The lowest BCUT2D eigenvalue weighted by atomic mass is 9.84. The minimum absolute atomic E-state index is 0.0996. The fourth-order valence-electron chi connectivity index (χ4n) is 2.85. The summed E-state index contributed by atoms with van der Waals surface area (Å²) in [5.74, 6) is 0. The first-order valence-electron chi connectivity index (χ1n) is 7.20. The number of hydrogen-bond acceptors (Lipinski definition) is 10. The standard InChI is InChI=1S/C12H25N3O7/c13-2-5-7(17)8(18)10(20)12(21-5)22-11-4(15)1-3(14)6(16)9(11)19/h3-12,16-20H,1-2,13-15H2/t3-,4+,5-,6+,7-,8+,9-,10-,11-,12+/m0/s1. The molecule has 1 heterocycles. The second-order valence-corrected chi connectivity index (χ2v) is 5.90. The predicted molar refractivity (Wildman–Crippen MR) is 73.2 cm³/mol. The molecule has 0 unspecified atom stereocenters. The average molecular weight is 323 g/mol. The summed E-state index contributed by atoms with van der Waals surface area (Å²) in [6.45, 7) is -0.0996. The van der Waals surface area contributed by atoms with Crippen molar-refractivity contribution in [2.45, 2.75) is 67.5 Å². The van der Waals surface area contributed by atoms with Gasteiger partial charge >= 0.3 is 0 Å². The number of aliphatic hydroxyl groups excluding tert-OH is 5.